The second-order valence-electron chi connectivity index (χ2n) is 7.36. The van der Waals surface area contributed by atoms with Gasteiger partial charge in [-0.05, 0) is 36.4 Å². The zero-order valence-electron chi connectivity index (χ0n) is 16.7. The topological polar surface area (TPSA) is 49.9 Å². The molecule has 2 aliphatic heterocycles. The predicted octanol–water partition coefficient (Wildman–Crippen LogP) is 4.31. The lowest BCUT2D eigenvalue weighted by atomic mass is 10.0. The van der Waals surface area contributed by atoms with Crippen molar-refractivity contribution >= 4 is 35.0 Å². The van der Waals surface area contributed by atoms with Crippen molar-refractivity contribution in [1.82, 2.24) is 0 Å². The number of methoxy groups -OCH3 is 1. The molecule has 2 amide bonds. The fraction of sp³-hybridized carbons (Fsp3) is 0.167. The summed E-state index contributed by atoms with van der Waals surface area (Å²) in [7, 11) is 1.57. The normalized spacial score (nSPS) is 19.9. The van der Waals surface area contributed by atoms with Crippen LogP contribution in [0.25, 0.3) is 0 Å². The van der Waals surface area contributed by atoms with E-state index in [1.807, 2.05) is 24.3 Å². The summed E-state index contributed by atoms with van der Waals surface area (Å²) in [5.74, 6) is 0.0848. The van der Waals surface area contributed by atoms with Gasteiger partial charge in [0.1, 0.15) is 11.6 Å². The molecule has 1 atom stereocenters. The highest BCUT2D eigenvalue weighted by atomic mass is 32.2. The summed E-state index contributed by atoms with van der Waals surface area (Å²) in [5, 5.41) is 0. The van der Waals surface area contributed by atoms with Gasteiger partial charge in [0.05, 0.1) is 25.1 Å². The monoisotopic (exact) mass is 434 g/mol. The molecule has 5 rings (SSSR count). The minimum atomic E-state index is -1.21. The maximum absolute atomic E-state index is 14.4. The average Bonchev–Trinajstić information content (AvgIpc) is 3.26. The highest BCUT2D eigenvalue weighted by Crippen LogP contribution is 2.56. The summed E-state index contributed by atoms with van der Waals surface area (Å²) >= 11 is 1.30. The van der Waals surface area contributed by atoms with Crippen molar-refractivity contribution in [2.24, 2.45) is 0 Å². The van der Waals surface area contributed by atoms with Gasteiger partial charge in [0, 0.05) is 16.8 Å². The van der Waals surface area contributed by atoms with E-state index in [1.54, 1.807) is 59.4 Å². The van der Waals surface area contributed by atoms with Crippen molar-refractivity contribution in [1.29, 1.82) is 0 Å². The van der Waals surface area contributed by atoms with Gasteiger partial charge in [-0.1, -0.05) is 36.4 Å². The molecule has 31 heavy (non-hydrogen) atoms. The summed E-state index contributed by atoms with van der Waals surface area (Å²) in [5.41, 5.74) is 2.47. The molecule has 1 saturated heterocycles. The second-order valence-corrected chi connectivity index (χ2v) is 8.53. The lowest BCUT2D eigenvalue weighted by Gasteiger charge is -2.33. The molecular formula is C24H19FN2O3S. The number of ether oxygens (including phenoxy) is 1. The Morgan fingerprint density at radius 2 is 1.71 bits per heavy atom. The highest BCUT2D eigenvalue weighted by molar-refractivity contribution is 8.02. The van der Waals surface area contributed by atoms with Gasteiger partial charge < -0.3 is 9.64 Å². The fourth-order valence-corrected chi connectivity index (χ4v) is 5.60. The van der Waals surface area contributed by atoms with Crippen molar-refractivity contribution in [2.45, 2.75) is 11.4 Å². The van der Waals surface area contributed by atoms with E-state index in [9.17, 15) is 14.0 Å². The molecular weight excluding hydrogens is 415 g/mol. The number of halogens is 1. The number of nitrogens with zero attached hydrogens (tertiary/aromatic N) is 2. The lowest BCUT2D eigenvalue weighted by molar-refractivity contribution is -0.123. The van der Waals surface area contributed by atoms with Crippen LogP contribution in [0.3, 0.4) is 0 Å². The Kier molecular flexibility index (Phi) is 4.70. The van der Waals surface area contributed by atoms with Gasteiger partial charge in [-0.25, -0.2) is 4.39 Å². The lowest BCUT2D eigenvalue weighted by Crippen LogP contribution is -2.49. The second kappa shape index (κ2) is 7.42. The number of fused-ring (bicyclic) bond motifs is 2. The van der Waals surface area contributed by atoms with Crippen LogP contribution in [0.2, 0.25) is 0 Å². The van der Waals surface area contributed by atoms with Gasteiger partial charge in [-0.3, -0.25) is 14.5 Å². The summed E-state index contributed by atoms with van der Waals surface area (Å²) in [6.07, 6.45) is 0. The van der Waals surface area contributed by atoms with Crippen molar-refractivity contribution in [3.05, 3.63) is 89.7 Å². The number of thioether (sulfide) groups is 1. The van der Waals surface area contributed by atoms with Gasteiger partial charge in [-0.15, -0.1) is 11.8 Å². The maximum atomic E-state index is 14.4. The molecule has 156 valence electrons. The van der Waals surface area contributed by atoms with Gasteiger partial charge >= 0.3 is 0 Å². The van der Waals surface area contributed by atoms with Crippen LogP contribution in [0.4, 0.5) is 15.8 Å². The Balaban J connectivity index is 1.63. The minimum absolute atomic E-state index is 0.0927. The molecule has 5 nitrogen and oxygen atoms in total. The molecule has 2 aliphatic rings. The Labute approximate surface area is 183 Å². The number of hydrogen-bond donors (Lipinski definition) is 0. The van der Waals surface area contributed by atoms with E-state index in [-0.39, 0.29) is 29.9 Å². The van der Waals surface area contributed by atoms with Crippen molar-refractivity contribution < 1.29 is 18.7 Å². The molecule has 0 aliphatic carbocycles. The molecule has 2 heterocycles. The number of rotatable bonds is 4. The van der Waals surface area contributed by atoms with Gasteiger partial charge in [0.2, 0.25) is 10.8 Å². The van der Waals surface area contributed by atoms with E-state index in [0.717, 1.165) is 5.56 Å². The molecule has 0 bridgehead atoms. The van der Waals surface area contributed by atoms with Gasteiger partial charge in [0.15, 0.2) is 0 Å². The number of anilines is 2. The van der Waals surface area contributed by atoms with E-state index in [0.29, 0.717) is 22.7 Å². The third kappa shape index (κ3) is 2.91. The number of hydrogen-bond acceptors (Lipinski definition) is 4. The van der Waals surface area contributed by atoms with Crippen LogP contribution >= 0.6 is 11.8 Å². The first kappa shape index (κ1) is 19.6. The highest BCUT2D eigenvalue weighted by Gasteiger charge is 2.60. The summed E-state index contributed by atoms with van der Waals surface area (Å²) < 4.78 is 19.6. The molecule has 0 saturated carbocycles. The van der Waals surface area contributed by atoms with E-state index in [1.165, 1.54) is 17.8 Å². The average molecular weight is 434 g/mol. The van der Waals surface area contributed by atoms with E-state index < -0.39 is 4.87 Å². The van der Waals surface area contributed by atoms with Crippen molar-refractivity contribution in [2.75, 3.05) is 22.7 Å². The first-order valence-electron chi connectivity index (χ1n) is 9.82. The number of para-hydroxylation sites is 1. The van der Waals surface area contributed by atoms with E-state index >= 15 is 0 Å². The smallest absolute Gasteiger partial charge is 0.269 e. The van der Waals surface area contributed by atoms with Crippen molar-refractivity contribution in [3.63, 3.8) is 0 Å². The predicted molar refractivity (Wildman–Crippen MR) is 119 cm³/mol. The van der Waals surface area contributed by atoms with Crippen LogP contribution in [0.15, 0.2) is 72.8 Å². The Bertz CT molecular complexity index is 1180. The largest absolute Gasteiger partial charge is 0.497 e. The summed E-state index contributed by atoms with van der Waals surface area (Å²) in [6.45, 7) is 0.0927. The van der Waals surface area contributed by atoms with Crippen LogP contribution in [-0.4, -0.2) is 24.7 Å². The molecule has 1 unspecified atom stereocenters. The third-order valence-electron chi connectivity index (χ3n) is 5.68. The molecule has 7 heteroatoms. The Hall–Kier alpha value is -3.32. The standard InChI is InChI=1S/C24H19FN2O3S/c1-30-18-12-10-17(11-13-18)27-22(28)15-31-24(27)19-7-3-5-9-21(19)26(23(24)29)14-16-6-2-4-8-20(16)25/h2-13H,14-15H2,1H3. The SMILES string of the molecule is COc1ccc(N2C(=O)CSC23C(=O)N(Cc2ccccc2F)c2ccccc23)cc1. The summed E-state index contributed by atoms with van der Waals surface area (Å²) in [4.78, 5) is 28.9. The first-order chi connectivity index (χ1) is 15.1. The van der Waals surface area contributed by atoms with E-state index in [4.69, 9.17) is 4.74 Å². The number of carbonyl (C=O) groups excluding carboxylic acids is 2. The number of amides is 2. The number of carbonyl (C=O) groups is 2. The van der Waals surface area contributed by atoms with Crippen LogP contribution in [-0.2, 0) is 21.0 Å². The zero-order valence-corrected chi connectivity index (χ0v) is 17.6. The molecule has 1 spiro atoms. The Morgan fingerprint density at radius 1 is 1.00 bits per heavy atom. The molecule has 1 fully saturated rings. The first-order valence-corrected chi connectivity index (χ1v) is 10.8. The fourth-order valence-electron chi connectivity index (χ4n) is 4.24. The van der Waals surface area contributed by atoms with Crippen LogP contribution in [0, 0.1) is 5.82 Å². The van der Waals surface area contributed by atoms with Crippen LogP contribution < -0.4 is 14.5 Å². The third-order valence-corrected chi connectivity index (χ3v) is 7.07. The van der Waals surface area contributed by atoms with Crippen molar-refractivity contribution in [3.8, 4) is 5.75 Å². The molecule has 0 aromatic heterocycles. The summed E-state index contributed by atoms with van der Waals surface area (Å²) in [6, 6.07) is 20.9. The maximum Gasteiger partial charge on any atom is 0.269 e. The van der Waals surface area contributed by atoms with Crippen LogP contribution in [0.1, 0.15) is 11.1 Å². The van der Waals surface area contributed by atoms with E-state index in [2.05, 4.69) is 0 Å². The molecule has 0 radical (unpaired) electrons. The van der Waals surface area contributed by atoms with Gasteiger partial charge in [0.25, 0.3) is 5.91 Å². The molecule has 3 aromatic rings. The molecule has 0 N–H and O–H groups in total. The number of benzene rings is 3. The minimum Gasteiger partial charge on any atom is -0.497 e. The Morgan fingerprint density at radius 3 is 2.45 bits per heavy atom. The van der Waals surface area contributed by atoms with Gasteiger partial charge in [-0.2, -0.15) is 0 Å². The van der Waals surface area contributed by atoms with Crippen LogP contribution in [0.5, 0.6) is 5.75 Å². The zero-order chi connectivity index (χ0) is 21.6. The quantitative estimate of drug-likeness (QED) is 0.614. The molecule has 3 aromatic carbocycles.